The maximum atomic E-state index is 13.5. The summed E-state index contributed by atoms with van der Waals surface area (Å²) in [5, 5.41) is 12.3. The molecule has 3 heterocycles. The number of anilines is 2. The molecule has 0 saturated carbocycles. The first-order valence-corrected chi connectivity index (χ1v) is 9.23. The molecule has 166 valence electrons. The molecule has 0 aliphatic heterocycles. The minimum absolute atomic E-state index is 0.136. The van der Waals surface area contributed by atoms with E-state index in [0.29, 0.717) is 22.8 Å². The average molecular weight is 459 g/mol. The molecule has 1 aromatic carbocycles. The summed E-state index contributed by atoms with van der Waals surface area (Å²) in [6, 6.07) is 10.3. The Morgan fingerprint density at radius 1 is 0.818 bits per heavy atom. The second-order valence-corrected chi connectivity index (χ2v) is 6.88. The van der Waals surface area contributed by atoms with Crippen molar-refractivity contribution in [2.75, 3.05) is 5.32 Å². The van der Waals surface area contributed by atoms with Crippen LogP contribution in [0.15, 0.2) is 61.1 Å². The highest BCUT2D eigenvalue weighted by Crippen LogP contribution is 2.38. The SMILES string of the molecule is N#Cc1cnc(-c2ccc3c(Nc4ccc(C(F)(F)F)cn4)ccnc3c2)c(C(F)(F)F)c1. The van der Waals surface area contributed by atoms with Crippen LogP contribution < -0.4 is 5.32 Å². The lowest BCUT2D eigenvalue weighted by molar-refractivity contribution is -0.138. The van der Waals surface area contributed by atoms with Crippen molar-refractivity contribution in [1.29, 1.82) is 5.26 Å². The Kier molecular flexibility index (Phi) is 5.37. The molecule has 0 aliphatic carbocycles. The van der Waals surface area contributed by atoms with E-state index >= 15 is 0 Å². The third-order valence-electron chi connectivity index (χ3n) is 4.69. The van der Waals surface area contributed by atoms with Crippen molar-refractivity contribution < 1.29 is 26.3 Å². The molecule has 0 atom stereocenters. The van der Waals surface area contributed by atoms with Gasteiger partial charge in [0.1, 0.15) is 11.9 Å². The Morgan fingerprint density at radius 2 is 1.61 bits per heavy atom. The highest BCUT2D eigenvalue weighted by molar-refractivity contribution is 5.95. The van der Waals surface area contributed by atoms with E-state index in [1.54, 1.807) is 12.1 Å². The number of halogens is 6. The van der Waals surface area contributed by atoms with Crippen molar-refractivity contribution in [3.05, 3.63) is 77.7 Å². The van der Waals surface area contributed by atoms with Gasteiger partial charge in [0.25, 0.3) is 0 Å². The second-order valence-electron chi connectivity index (χ2n) is 6.88. The van der Waals surface area contributed by atoms with Gasteiger partial charge >= 0.3 is 12.4 Å². The first kappa shape index (κ1) is 22.0. The van der Waals surface area contributed by atoms with Gasteiger partial charge < -0.3 is 5.32 Å². The number of alkyl halides is 6. The van der Waals surface area contributed by atoms with E-state index in [1.807, 2.05) is 0 Å². The molecule has 4 aromatic rings. The number of nitrogens with zero attached hydrogens (tertiary/aromatic N) is 4. The predicted molar refractivity (Wildman–Crippen MR) is 107 cm³/mol. The Hall–Kier alpha value is -4.20. The van der Waals surface area contributed by atoms with Crippen LogP contribution in [0.5, 0.6) is 0 Å². The van der Waals surface area contributed by atoms with Crippen LogP contribution in [-0.4, -0.2) is 15.0 Å². The van der Waals surface area contributed by atoms with Crippen LogP contribution in [-0.2, 0) is 12.4 Å². The number of pyridine rings is 3. The lowest BCUT2D eigenvalue weighted by atomic mass is 10.0. The molecule has 0 bridgehead atoms. The number of fused-ring (bicyclic) bond motifs is 1. The normalized spacial score (nSPS) is 11.9. The number of nitrogens with one attached hydrogen (secondary N) is 1. The van der Waals surface area contributed by atoms with Gasteiger partial charge in [-0.2, -0.15) is 31.6 Å². The van der Waals surface area contributed by atoms with Gasteiger partial charge in [-0.3, -0.25) is 9.97 Å². The van der Waals surface area contributed by atoms with Gasteiger partial charge in [0.2, 0.25) is 0 Å². The summed E-state index contributed by atoms with van der Waals surface area (Å²) in [7, 11) is 0. The summed E-state index contributed by atoms with van der Waals surface area (Å²) in [5.41, 5.74) is -1.62. The van der Waals surface area contributed by atoms with Crippen LogP contribution in [0.2, 0.25) is 0 Å². The predicted octanol–water partition coefficient (Wildman–Crippen LogP) is 6.34. The molecule has 0 radical (unpaired) electrons. The van der Waals surface area contributed by atoms with E-state index in [0.717, 1.165) is 18.3 Å². The average Bonchev–Trinajstić information content (AvgIpc) is 2.77. The van der Waals surface area contributed by atoms with Crippen molar-refractivity contribution in [3.8, 4) is 17.3 Å². The molecular weight excluding hydrogens is 448 g/mol. The van der Waals surface area contributed by atoms with Gasteiger partial charge in [-0.15, -0.1) is 0 Å². The molecule has 5 nitrogen and oxygen atoms in total. The maximum Gasteiger partial charge on any atom is 0.418 e. The van der Waals surface area contributed by atoms with Crippen molar-refractivity contribution in [2.45, 2.75) is 12.4 Å². The number of hydrogen-bond donors (Lipinski definition) is 1. The van der Waals surface area contributed by atoms with Crippen molar-refractivity contribution in [2.24, 2.45) is 0 Å². The zero-order valence-corrected chi connectivity index (χ0v) is 16.3. The summed E-state index contributed by atoms with van der Waals surface area (Å²) in [4.78, 5) is 11.7. The Labute approximate surface area is 182 Å². The number of rotatable bonds is 3. The smallest absolute Gasteiger partial charge is 0.340 e. The topological polar surface area (TPSA) is 74.5 Å². The Morgan fingerprint density at radius 3 is 2.24 bits per heavy atom. The number of benzene rings is 1. The number of aromatic nitrogens is 3. The molecule has 4 rings (SSSR count). The lowest BCUT2D eigenvalue weighted by Crippen LogP contribution is -2.09. The lowest BCUT2D eigenvalue weighted by Gasteiger charge is -2.14. The third-order valence-corrected chi connectivity index (χ3v) is 4.69. The highest BCUT2D eigenvalue weighted by atomic mass is 19.4. The molecule has 1 N–H and O–H groups in total. The number of nitriles is 1. The molecule has 0 saturated heterocycles. The molecule has 0 amide bonds. The van der Waals surface area contributed by atoms with E-state index in [-0.39, 0.29) is 22.6 Å². The van der Waals surface area contributed by atoms with Gasteiger partial charge in [0.05, 0.1) is 33.6 Å². The first-order chi connectivity index (χ1) is 15.6. The van der Waals surface area contributed by atoms with E-state index in [2.05, 4.69) is 20.3 Å². The van der Waals surface area contributed by atoms with Gasteiger partial charge in [0.15, 0.2) is 0 Å². The standard InChI is InChI=1S/C22H11F6N5/c23-21(24,25)14-2-4-19(31-11-14)33-17-5-6-30-18-8-13(1-3-15(17)18)20-16(22(26,27)28)7-12(9-29)10-32-20/h1-8,10-11H,(H,30,31,33). The Bertz CT molecular complexity index is 1370. The van der Waals surface area contributed by atoms with Crippen molar-refractivity contribution >= 4 is 22.4 Å². The fourth-order valence-corrected chi connectivity index (χ4v) is 3.15. The van der Waals surface area contributed by atoms with Crippen LogP contribution in [0.1, 0.15) is 16.7 Å². The zero-order chi connectivity index (χ0) is 23.8. The maximum absolute atomic E-state index is 13.5. The fourth-order valence-electron chi connectivity index (χ4n) is 3.15. The molecule has 3 aromatic heterocycles. The highest BCUT2D eigenvalue weighted by Gasteiger charge is 2.35. The monoisotopic (exact) mass is 459 g/mol. The van der Waals surface area contributed by atoms with Crippen molar-refractivity contribution in [3.63, 3.8) is 0 Å². The van der Waals surface area contributed by atoms with Crippen LogP contribution in [0.3, 0.4) is 0 Å². The molecular formula is C22H11F6N5. The largest absolute Gasteiger partial charge is 0.418 e. The quantitative estimate of drug-likeness (QED) is 0.362. The van der Waals surface area contributed by atoms with Crippen LogP contribution in [0, 0.1) is 11.3 Å². The molecule has 0 spiro atoms. The molecule has 0 unspecified atom stereocenters. The summed E-state index contributed by atoms with van der Waals surface area (Å²) >= 11 is 0. The van der Waals surface area contributed by atoms with Gasteiger partial charge in [-0.25, -0.2) is 4.98 Å². The molecule has 11 heteroatoms. The summed E-state index contributed by atoms with van der Waals surface area (Å²) in [5.74, 6) is 0.146. The first-order valence-electron chi connectivity index (χ1n) is 9.23. The van der Waals surface area contributed by atoms with Gasteiger partial charge in [-0.1, -0.05) is 12.1 Å². The van der Waals surface area contributed by atoms with Crippen LogP contribution >= 0.6 is 0 Å². The van der Waals surface area contributed by atoms with Gasteiger partial charge in [-0.05, 0) is 30.3 Å². The second kappa shape index (κ2) is 8.05. The molecule has 33 heavy (non-hydrogen) atoms. The van der Waals surface area contributed by atoms with E-state index in [4.69, 9.17) is 5.26 Å². The summed E-state index contributed by atoms with van der Waals surface area (Å²) < 4.78 is 78.7. The van der Waals surface area contributed by atoms with Crippen LogP contribution in [0.25, 0.3) is 22.2 Å². The van der Waals surface area contributed by atoms with Crippen molar-refractivity contribution in [1.82, 2.24) is 15.0 Å². The van der Waals surface area contributed by atoms with Crippen LogP contribution in [0.4, 0.5) is 37.8 Å². The third kappa shape index (κ3) is 4.55. The number of hydrogen-bond acceptors (Lipinski definition) is 5. The fraction of sp³-hybridized carbons (Fsp3) is 0.0909. The summed E-state index contributed by atoms with van der Waals surface area (Å²) in [6.07, 6.45) is -6.10. The molecule has 0 fully saturated rings. The van der Waals surface area contributed by atoms with Gasteiger partial charge in [0, 0.05) is 29.5 Å². The minimum Gasteiger partial charge on any atom is -0.340 e. The Balaban J connectivity index is 1.72. The van der Waals surface area contributed by atoms with E-state index < -0.39 is 23.5 Å². The molecule has 0 aliphatic rings. The minimum atomic E-state index is -4.73. The van der Waals surface area contributed by atoms with E-state index in [9.17, 15) is 26.3 Å². The summed E-state index contributed by atoms with van der Waals surface area (Å²) in [6.45, 7) is 0. The van der Waals surface area contributed by atoms with E-state index in [1.165, 1.54) is 30.5 Å². The zero-order valence-electron chi connectivity index (χ0n) is 16.3.